The molecule has 0 bridgehead atoms. The van der Waals surface area contributed by atoms with E-state index >= 15 is 0 Å². The Labute approximate surface area is 185 Å². The van der Waals surface area contributed by atoms with Crippen molar-refractivity contribution in [2.45, 2.75) is 24.9 Å². The Morgan fingerprint density at radius 1 is 1.12 bits per heavy atom. The van der Waals surface area contributed by atoms with Gasteiger partial charge in [-0.1, -0.05) is 18.2 Å². The minimum absolute atomic E-state index is 0.0227. The van der Waals surface area contributed by atoms with Crippen LogP contribution in [0.5, 0.6) is 0 Å². The smallest absolute Gasteiger partial charge is 0.366 e. The number of primary amides is 1. The highest BCUT2D eigenvalue weighted by molar-refractivity contribution is 6.25. The number of amides is 1. The lowest BCUT2D eigenvalue weighted by molar-refractivity contribution is -0.141. The number of alkyl halides is 3. The molecule has 2 N–H and O–H groups in total. The molecule has 5 rings (SSSR count). The van der Waals surface area contributed by atoms with Crippen molar-refractivity contribution in [1.29, 1.82) is 0 Å². The molecule has 7 nitrogen and oxygen atoms in total. The van der Waals surface area contributed by atoms with Gasteiger partial charge < -0.3 is 5.73 Å². The molecule has 1 amide bonds. The average molecular weight is 450 g/mol. The molecule has 0 spiro atoms. The van der Waals surface area contributed by atoms with Crippen molar-refractivity contribution in [2.24, 2.45) is 5.73 Å². The van der Waals surface area contributed by atoms with Crippen LogP contribution in [0.3, 0.4) is 0 Å². The SMILES string of the molecule is NC(=O)/C(=C/n1cnc(-c2cc(C3CC3)nc(C(F)(F)F)c2)n1)c1ccnc2ccccc12. The summed E-state index contributed by atoms with van der Waals surface area (Å²) in [6, 6.07) is 11.5. The van der Waals surface area contributed by atoms with Gasteiger partial charge in [0.1, 0.15) is 12.0 Å². The van der Waals surface area contributed by atoms with Crippen molar-refractivity contribution in [3.63, 3.8) is 0 Å². The van der Waals surface area contributed by atoms with Crippen LogP contribution in [0.4, 0.5) is 13.2 Å². The Morgan fingerprint density at radius 2 is 1.91 bits per heavy atom. The summed E-state index contributed by atoms with van der Waals surface area (Å²) in [4.78, 5) is 24.4. The number of rotatable bonds is 5. The van der Waals surface area contributed by atoms with Crippen molar-refractivity contribution < 1.29 is 18.0 Å². The fourth-order valence-electron chi connectivity index (χ4n) is 3.61. The van der Waals surface area contributed by atoms with Crippen LogP contribution in [0.15, 0.2) is 55.0 Å². The summed E-state index contributed by atoms with van der Waals surface area (Å²) in [6.07, 6.45) is 1.31. The van der Waals surface area contributed by atoms with Crippen LogP contribution >= 0.6 is 0 Å². The Hall–Kier alpha value is -4.08. The minimum atomic E-state index is -4.58. The molecular formula is C23H17F3N6O. The van der Waals surface area contributed by atoms with E-state index in [2.05, 4.69) is 20.1 Å². The van der Waals surface area contributed by atoms with Crippen LogP contribution in [0.1, 0.15) is 35.7 Å². The molecule has 3 aromatic heterocycles. The summed E-state index contributed by atoms with van der Waals surface area (Å²) in [5, 5.41) is 4.99. The second kappa shape index (κ2) is 7.80. The van der Waals surface area contributed by atoms with Crippen molar-refractivity contribution in [1.82, 2.24) is 24.7 Å². The van der Waals surface area contributed by atoms with Gasteiger partial charge in [-0.2, -0.15) is 13.2 Å². The van der Waals surface area contributed by atoms with Crippen LogP contribution < -0.4 is 5.73 Å². The summed E-state index contributed by atoms with van der Waals surface area (Å²) in [5.41, 5.74) is 6.65. The molecule has 1 fully saturated rings. The van der Waals surface area contributed by atoms with Crippen molar-refractivity contribution in [3.8, 4) is 11.4 Å². The number of nitrogens with zero attached hydrogens (tertiary/aromatic N) is 5. The first kappa shape index (κ1) is 20.8. The van der Waals surface area contributed by atoms with Crippen molar-refractivity contribution >= 4 is 28.6 Å². The summed E-state index contributed by atoms with van der Waals surface area (Å²) >= 11 is 0. The van der Waals surface area contributed by atoms with Gasteiger partial charge in [-0.25, -0.2) is 14.6 Å². The molecule has 3 heterocycles. The van der Waals surface area contributed by atoms with E-state index in [9.17, 15) is 18.0 Å². The molecular weight excluding hydrogens is 433 g/mol. The average Bonchev–Trinajstić information content (AvgIpc) is 3.54. The zero-order chi connectivity index (χ0) is 23.2. The number of benzene rings is 1. The molecule has 4 aromatic rings. The molecule has 1 aliphatic rings. The van der Waals surface area contributed by atoms with Gasteiger partial charge in [0.25, 0.3) is 5.91 Å². The van der Waals surface area contributed by atoms with Gasteiger partial charge in [0, 0.05) is 35.0 Å². The third kappa shape index (κ3) is 4.19. The highest BCUT2D eigenvalue weighted by atomic mass is 19.4. The number of halogens is 3. The van der Waals surface area contributed by atoms with E-state index in [0.717, 1.165) is 24.3 Å². The summed E-state index contributed by atoms with van der Waals surface area (Å²) in [6.45, 7) is 0. The molecule has 33 heavy (non-hydrogen) atoms. The van der Waals surface area contributed by atoms with Gasteiger partial charge in [-0.15, -0.1) is 5.10 Å². The molecule has 1 aliphatic carbocycles. The van der Waals surface area contributed by atoms with Crippen LogP contribution in [-0.4, -0.2) is 30.6 Å². The first-order chi connectivity index (χ1) is 15.8. The molecule has 1 aromatic carbocycles. The maximum absolute atomic E-state index is 13.4. The minimum Gasteiger partial charge on any atom is -0.366 e. The van der Waals surface area contributed by atoms with Gasteiger partial charge in [-0.3, -0.25) is 9.78 Å². The van der Waals surface area contributed by atoms with E-state index < -0.39 is 17.8 Å². The predicted octanol–water partition coefficient (Wildman–Crippen LogP) is 4.27. The molecule has 0 saturated heterocycles. The number of para-hydroxylation sites is 1. The fraction of sp³-hybridized carbons (Fsp3) is 0.174. The predicted molar refractivity (Wildman–Crippen MR) is 115 cm³/mol. The molecule has 0 radical (unpaired) electrons. The molecule has 10 heteroatoms. The Kier molecular flexibility index (Phi) is 4.92. The summed E-state index contributed by atoms with van der Waals surface area (Å²) in [5.74, 6) is -0.582. The Morgan fingerprint density at radius 3 is 2.64 bits per heavy atom. The summed E-state index contributed by atoms with van der Waals surface area (Å²) in [7, 11) is 0. The number of pyridine rings is 2. The quantitative estimate of drug-likeness (QED) is 0.458. The highest BCUT2D eigenvalue weighted by Crippen LogP contribution is 2.41. The zero-order valence-corrected chi connectivity index (χ0v) is 17.1. The standard InChI is InChI=1S/C23H17F3N6O/c24-23(25,26)20-10-14(9-19(30-20)13-5-6-13)22-29-12-32(31-22)11-17(21(27)33)15-7-8-28-18-4-2-1-3-16(15)18/h1-4,7-13H,5-6H2,(H2,27,33)/b17-11+. The Balaban J connectivity index is 1.57. The molecule has 0 unspecified atom stereocenters. The lowest BCUT2D eigenvalue weighted by Crippen LogP contribution is -2.14. The number of nitrogens with two attached hydrogens (primary N) is 1. The van der Waals surface area contributed by atoms with Crippen molar-refractivity contribution in [3.05, 3.63) is 71.9 Å². The largest absolute Gasteiger partial charge is 0.433 e. The molecule has 0 atom stereocenters. The van der Waals surface area contributed by atoms with Crippen LogP contribution in [-0.2, 0) is 11.0 Å². The van der Waals surface area contributed by atoms with Gasteiger partial charge >= 0.3 is 6.18 Å². The van der Waals surface area contributed by atoms with Crippen molar-refractivity contribution in [2.75, 3.05) is 0 Å². The summed E-state index contributed by atoms with van der Waals surface area (Å²) < 4.78 is 41.3. The number of aromatic nitrogens is 5. The van der Waals surface area contributed by atoms with E-state index in [4.69, 9.17) is 5.73 Å². The second-order valence-corrected chi connectivity index (χ2v) is 7.77. The third-order valence-corrected chi connectivity index (χ3v) is 5.36. The first-order valence-corrected chi connectivity index (χ1v) is 10.2. The highest BCUT2D eigenvalue weighted by Gasteiger charge is 2.35. The third-order valence-electron chi connectivity index (χ3n) is 5.36. The first-order valence-electron chi connectivity index (χ1n) is 10.2. The van der Waals surface area contributed by atoms with Gasteiger partial charge in [0.2, 0.25) is 0 Å². The number of fused-ring (bicyclic) bond motifs is 1. The van der Waals surface area contributed by atoms with Crippen LogP contribution in [0.25, 0.3) is 34.1 Å². The maximum atomic E-state index is 13.4. The lowest BCUT2D eigenvalue weighted by Gasteiger charge is -2.09. The van der Waals surface area contributed by atoms with Crippen LogP contribution in [0.2, 0.25) is 0 Å². The van der Waals surface area contributed by atoms with Gasteiger partial charge in [-0.05, 0) is 42.7 Å². The van der Waals surface area contributed by atoms with E-state index in [1.54, 1.807) is 18.3 Å². The lowest BCUT2D eigenvalue weighted by atomic mass is 10.0. The van der Waals surface area contributed by atoms with Gasteiger partial charge in [0.15, 0.2) is 5.82 Å². The topological polar surface area (TPSA) is 99.6 Å². The number of hydrogen-bond donors (Lipinski definition) is 1. The molecule has 166 valence electrons. The number of carbonyl (C=O) groups is 1. The van der Waals surface area contributed by atoms with E-state index in [1.165, 1.54) is 17.2 Å². The van der Waals surface area contributed by atoms with Crippen LogP contribution in [0, 0.1) is 0 Å². The second-order valence-electron chi connectivity index (χ2n) is 7.77. The zero-order valence-electron chi connectivity index (χ0n) is 17.1. The van der Waals surface area contributed by atoms with E-state index in [-0.39, 0.29) is 22.9 Å². The van der Waals surface area contributed by atoms with E-state index in [0.29, 0.717) is 16.8 Å². The van der Waals surface area contributed by atoms with E-state index in [1.807, 2.05) is 24.3 Å². The monoisotopic (exact) mass is 450 g/mol. The maximum Gasteiger partial charge on any atom is 0.433 e. The van der Waals surface area contributed by atoms with Gasteiger partial charge in [0.05, 0.1) is 11.1 Å². The Bertz CT molecular complexity index is 1400. The number of carbonyl (C=O) groups excluding carboxylic acids is 1. The normalized spacial score (nSPS) is 14.6. The fourth-order valence-corrected chi connectivity index (χ4v) is 3.61. The number of hydrogen-bond acceptors (Lipinski definition) is 5. The molecule has 1 saturated carbocycles. The molecule has 0 aliphatic heterocycles.